The fourth-order valence-corrected chi connectivity index (χ4v) is 6.60. The SMILES string of the molecule is Cc1cccc(NC(=O)CCN2C(=S)N[C@H](c3ccccn3)[C@@H]2c2cc(C)n(-c3ccc(N4CCOCC4)cc3)c2C)c1. The average molecular weight is 595 g/mol. The number of nitrogens with zero attached hydrogens (tertiary/aromatic N) is 4. The molecular formula is C34H38N6O2S. The monoisotopic (exact) mass is 594 g/mol. The number of pyridine rings is 1. The minimum atomic E-state index is -0.147. The quantitative estimate of drug-likeness (QED) is 0.256. The van der Waals surface area contributed by atoms with E-state index < -0.39 is 0 Å². The van der Waals surface area contributed by atoms with Gasteiger partial charge in [0.15, 0.2) is 5.11 Å². The van der Waals surface area contributed by atoms with Crippen LogP contribution in [-0.4, -0.2) is 58.3 Å². The zero-order valence-corrected chi connectivity index (χ0v) is 25.7. The van der Waals surface area contributed by atoms with E-state index >= 15 is 0 Å². The van der Waals surface area contributed by atoms with Crippen molar-refractivity contribution in [2.24, 2.45) is 0 Å². The van der Waals surface area contributed by atoms with E-state index in [1.807, 2.05) is 55.6 Å². The molecule has 0 saturated carbocycles. The van der Waals surface area contributed by atoms with Crippen LogP contribution in [0.4, 0.5) is 11.4 Å². The van der Waals surface area contributed by atoms with Gasteiger partial charge in [-0.05, 0) is 98.7 Å². The first kappa shape index (κ1) is 28.9. The van der Waals surface area contributed by atoms with Crippen LogP contribution in [0.3, 0.4) is 0 Å². The second-order valence-electron chi connectivity index (χ2n) is 11.3. The Balaban J connectivity index is 1.28. The van der Waals surface area contributed by atoms with E-state index in [1.165, 1.54) is 5.69 Å². The Morgan fingerprint density at radius 1 is 1.00 bits per heavy atom. The molecule has 0 unspecified atom stereocenters. The molecule has 0 spiro atoms. The van der Waals surface area contributed by atoms with Crippen LogP contribution in [0.1, 0.15) is 46.7 Å². The Kier molecular flexibility index (Phi) is 8.44. The number of nitrogens with one attached hydrogen (secondary N) is 2. The third kappa shape index (κ3) is 6.14. The van der Waals surface area contributed by atoms with E-state index in [4.69, 9.17) is 17.0 Å². The maximum atomic E-state index is 13.0. The lowest BCUT2D eigenvalue weighted by Gasteiger charge is -2.29. The van der Waals surface area contributed by atoms with Gasteiger partial charge in [-0.3, -0.25) is 9.78 Å². The molecule has 1 amide bonds. The van der Waals surface area contributed by atoms with Gasteiger partial charge in [-0.2, -0.15) is 0 Å². The summed E-state index contributed by atoms with van der Waals surface area (Å²) in [5.41, 5.74) is 8.60. The number of aryl methyl sites for hydroxylation is 2. The first-order valence-corrected chi connectivity index (χ1v) is 15.3. The molecule has 2 aliphatic heterocycles. The minimum absolute atomic E-state index is 0.0423. The van der Waals surface area contributed by atoms with Gasteiger partial charge in [0.2, 0.25) is 5.91 Å². The highest BCUT2D eigenvalue weighted by molar-refractivity contribution is 7.80. The third-order valence-electron chi connectivity index (χ3n) is 8.35. The molecule has 2 fully saturated rings. The lowest BCUT2D eigenvalue weighted by molar-refractivity contribution is -0.116. The number of amides is 1. The van der Waals surface area contributed by atoms with Crippen LogP contribution < -0.4 is 15.5 Å². The number of hydrogen-bond acceptors (Lipinski definition) is 5. The summed E-state index contributed by atoms with van der Waals surface area (Å²) in [4.78, 5) is 22.2. The van der Waals surface area contributed by atoms with Gasteiger partial charge in [0.1, 0.15) is 0 Å². The molecule has 2 aliphatic rings. The van der Waals surface area contributed by atoms with Crippen LogP contribution in [0.25, 0.3) is 5.69 Å². The molecule has 6 rings (SSSR count). The number of carbonyl (C=O) groups excluding carboxylic acids is 1. The number of benzene rings is 2. The Bertz CT molecular complexity index is 1600. The number of aromatic nitrogens is 2. The number of carbonyl (C=O) groups is 1. The molecule has 2 saturated heterocycles. The van der Waals surface area contributed by atoms with Crippen molar-refractivity contribution in [1.82, 2.24) is 19.8 Å². The van der Waals surface area contributed by atoms with Gasteiger partial charge in [0, 0.05) is 60.7 Å². The lowest BCUT2D eigenvalue weighted by Crippen LogP contribution is -2.36. The van der Waals surface area contributed by atoms with E-state index in [1.54, 1.807) is 0 Å². The maximum Gasteiger partial charge on any atom is 0.226 e. The standard InChI is InChI=1S/C34H38N6O2S/c1-23-7-6-8-26(21-23)36-31(41)14-16-39-33(32(37-34(39)43)30-9-4-5-15-35-30)29-22-24(2)40(25(29)3)28-12-10-27(11-13-28)38-17-19-42-20-18-38/h4-13,15,21-22,32-33H,14,16-20H2,1-3H3,(H,36,41)(H,37,43)/t32-,33+/m1/s1. The highest BCUT2D eigenvalue weighted by Gasteiger charge is 2.41. The van der Waals surface area contributed by atoms with E-state index in [0.717, 1.165) is 65.9 Å². The predicted octanol–water partition coefficient (Wildman–Crippen LogP) is 5.64. The number of hydrogen-bond donors (Lipinski definition) is 2. The Labute approximate surface area is 258 Å². The van der Waals surface area contributed by atoms with Gasteiger partial charge in [-0.15, -0.1) is 0 Å². The highest BCUT2D eigenvalue weighted by Crippen LogP contribution is 2.41. The van der Waals surface area contributed by atoms with Crippen molar-refractivity contribution in [2.45, 2.75) is 39.3 Å². The second-order valence-corrected chi connectivity index (χ2v) is 11.7. The fourth-order valence-electron chi connectivity index (χ4n) is 6.27. The zero-order valence-electron chi connectivity index (χ0n) is 24.9. The van der Waals surface area contributed by atoms with Crippen LogP contribution in [0.2, 0.25) is 0 Å². The van der Waals surface area contributed by atoms with Gasteiger partial charge in [0.05, 0.1) is 31.0 Å². The summed E-state index contributed by atoms with van der Waals surface area (Å²) in [6.45, 7) is 10.1. The smallest absolute Gasteiger partial charge is 0.226 e. The highest BCUT2D eigenvalue weighted by atomic mass is 32.1. The molecule has 2 aromatic carbocycles. The number of morpholine rings is 1. The van der Waals surface area contributed by atoms with Gasteiger partial charge in [0.25, 0.3) is 0 Å². The Morgan fingerprint density at radius 3 is 2.49 bits per heavy atom. The second kappa shape index (κ2) is 12.6. The van der Waals surface area contributed by atoms with Crippen molar-refractivity contribution >= 4 is 34.6 Å². The van der Waals surface area contributed by atoms with Gasteiger partial charge >= 0.3 is 0 Å². The van der Waals surface area contributed by atoms with E-state index in [0.29, 0.717) is 18.1 Å². The third-order valence-corrected chi connectivity index (χ3v) is 8.70. The molecule has 8 nitrogen and oxygen atoms in total. The number of thiocarbonyl (C=S) groups is 1. The Hall–Kier alpha value is -4.21. The molecule has 4 aromatic rings. The molecule has 2 atom stereocenters. The van der Waals surface area contributed by atoms with Gasteiger partial charge in [-0.1, -0.05) is 18.2 Å². The maximum absolute atomic E-state index is 13.0. The fraction of sp³-hybridized carbons (Fsp3) is 0.324. The number of anilines is 2. The van der Waals surface area contributed by atoms with E-state index in [-0.39, 0.29) is 18.0 Å². The summed E-state index contributed by atoms with van der Waals surface area (Å²) in [5, 5.41) is 7.19. The molecule has 0 bridgehead atoms. The Morgan fingerprint density at radius 2 is 1.77 bits per heavy atom. The van der Waals surface area contributed by atoms with Crippen molar-refractivity contribution in [3.05, 3.63) is 107 Å². The van der Waals surface area contributed by atoms with Crippen molar-refractivity contribution in [3.8, 4) is 5.69 Å². The zero-order chi connectivity index (χ0) is 29.9. The molecule has 2 aromatic heterocycles. The molecule has 0 radical (unpaired) electrons. The van der Waals surface area contributed by atoms with Crippen LogP contribution in [-0.2, 0) is 9.53 Å². The largest absolute Gasteiger partial charge is 0.378 e. The number of rotatable bonds is 8. The number of ether oxygens (including phenoxy) is 1. The molecule has 0 aliphatic carbocycles. The first-order valence-electron chi connectivity index (χ1n) is 14.9. The van der Waals surface area contributed by atoms with Crippen molar-refractivity contribution in [1.29, 1.82) is 0 Å². The first-order chi connectivity index (χ1) is 20.9. The summed E-state index contributed by atoms with van der Waals surface area (Å²) < 4.78 is 7.83. The molecule has 222 valence electrons. The summed E-state index contributed by atoms with van der Waals surface area (Å²) >= 11 is 5.88. The van der Waals surface area contributed by atoms with Crippen LogP contribution in [0.5, 0.6) is 0 Å². The lowest BCUT2D eigenvalue weighted by atomic mass is 9.96. The normalized spacial score (nSPS) is 18.5. The average Bonchev–Trinajstić information content (AvgIpc) is 3.51. The summed E-state index contributed by atoms with van der Waals surface area (Å²) in [5.74, 6) is -0.0423. The summed E-state index contributed by atoms with van der Waals surface area (Å²) in [6.07, 6.45) is 2.12. The molecule has 43 heavy (non-hydrogen) atoms. The summed E-state index contributed by atoms with van der Waals surface area (Å²) in [7, 11) is 0. The molecular weight excluding hydrogens is 556 g/mol. The van der Waals surface area contributed by atoms with Gasteiger partial charge < -0.3 is 29.7 Å². The van der Waals surface area contributed by atoms with E-state index in [2.05, 4.69) is 74.2 Å². The van der Waals surface area contributed by atoms with Crippen LogP contribution in [0, 0.1) is 20.8 Å². The topological polar surface area (TPSA) is 74.7 Å². The molecule has 9 heteroatoms. The van der Waals surface area contributed by atoms with Crippen LogP contribution in [0.15, 0.2) is 79.0 Å². The molecule has 2 N–H and O–H groups in total. The summed E-state index contributed by atoms with van der Waals surface area (Å²) in [6, 6.07) is 24.6. The predicted molar refractivity (Wildman–Crippen MR) is 175 cm³/mol. The van der Waals surface area contributed by atoms with Gasteiger partial charge in [-0.25, -0.2) is 0 Å². The van der Waals surface area contributed by atoms with Crippen molar-refractivity contribution in [3.63, 3.8) is 0 Å². The molecule has 4 heterocycles. The van der Waals surface area contributed by atoms with Crippen LogP contribution >= 0.6 is 12.2 Å². The minimum Gasteiger partial charge on any atom is -0.378 e. The van der Waals surface area contributed by atoms with E-state index in [9.17, 15) is 4.79 Å². The van der Waals surface area contributed by atoms with Crippen molar-refractivity contribution < 1.29 is 9.53 Å². The van der Waals surface area contributed by atoms with Crippen molar-refractivity contribution in [2.75, 3.05) is 43.1 Å².